The predicted molar refractivity (Wildman–Crippen MR) is 73.9 cm³/mol. The average Bonchev–Trinajstić information content (AvgIpc) is 2.87. The van der Waals surface area contributed by atoms with Crippen LogP contribution in [-0.2, 0) is 10.9 Å². The van der Waals surface area contributed by atoms with Gasteiger partial charge in [0, 0.05) is 30.3 Å². The number of rotatable bonds is 9. The lowest BCUT2D eigenvalue weighted by atomic mass is 10.1. The minimum atomic E-state index is -4.36. The van der Waals surface area contributed by atoms with E-state index in [-0.39, 0.29) is 6.04 Å². The van der Waals surface area contributed by atoms with Crippen LogP contribution in [0.3, 0.4) is 0 Å². The number of thiazole rings is 1. The van der Waals surface area contributed by atoms with Gasteiger partial charge in [0.15, 0.2) is 5.01 Å². The van der Waals surface area contributed by atoms with E-state index in [0.717, 1.165) is 37.1 Å². The first kappa shape index (κ1) is 17.4. The van der Waals surface area contributed by atoms with Gasteiger partial charge in [0.05, 0.1) is 0 Å². The van der Waals surface area contributed by atoms with Gasteiger partial charge >= 0.3 is 6.18 Å². The van der Waals surface area contributed by atoms with Crippen molar-refractivity contribution in [3.63, 3.8) is 0 Å². The zero-order chi connectivity index (χ0) is 15.0. The number of nitrogens with zero attached hydrogens (tertiary/aromatic N) is 1. The van der Waals surface area contributed by atoms with Gasteiger partial charge in [-0.3, -0.25) is 0 Å². The van der Waals surface area contributed by atoms with Gasteiger partial charge in [-0.15, -0.1) is 11.3 Å². The molecule has 0 radical (unpaired) electrons. The molecule has 20 heavy (non-hydrogen) atoms. The van der Waals surface area contributed by atoms with Crippen molar-refractivity contribution in [2.45, 2.75) is 45.3 Å². The van der Waals surface area contributed by atoms with Gasteiger partial charge in [0.1, 0.15) is 0 Å². The minimum Gasteiger partial charge on any atom is -0.382 e. The standard InChI is InChI=1S/C13H21F3N2OS/c1-3-7-17-10(6-5-8-19-4-2)11-9-18-12(20-11)13(14,15)16/h9-10,17H,3-8H2,1-2H3. The molecule has 7 heteroatoms. The summed E-state index contributed by atoms with van der Waals surface area (Å²) in [5.41, 5.74) is 0. The maximum Gasteiger partial charge on any atom is 0.443 e. The van der Waals surface area contributed by atoms with Crippen LogP contribution in [0.4, 0.5) is 13.2 Å². The molecule has 1 rings (SSSR count). The SMILES string of the molecule is CCCNC(CCCOCC)c1cnc(C(F)(F)F)s1. The van der Waals surface area contributed by atoms with E-state index in [1.807, 2.05) is 13.8 Å². The van der Waals surface area contributed by atoms with E-state index >= 15 is 0 Å². The van der Waals surface area contributed by atoms with Crippen LogP contribution in [0, 0.1) is 0 Å². The molecule has 1 heterocycles. The molecule has 1 atom stereocenters. The Kier molecular flexibility index (Phi) is 7.47. The van der Waals surface area contributed by atoms with Crippen LogP contribution in [-0.4, -0.2) is 24.7 Å². The van der Waals surface area contributed by atoms with Gasteiger partial charge in [-0.25, -0.2) is 4.98 Å². The van der Waals surface area contributed by atoms with Crippen LogP contribution in [0.15, 0.2) is 6.20 Å². The molecule has 1 N–H and O–H groups in total. The number of ether oxygens (including phenoxy) is 1. The topological polar surface area (TPSA) is 34.1 Å². The smallest absolute Gasteiger partial charge is 0.382 e. The Labute approximate surface area is 121 Å². The number of alkyl halides is 3. The van der Waals surface area contributed by atoms with Crippen LogP contribution >= 0.6 is 11.3 Å². The van der Waals surface area contributed by atoms with Crippen molar-refractivity contribution in [1.29, 1.82) is 0 Å². The maximum absolute atomic E-state index is 12.6. The van der Waals surface area contributed by atoms with Crippen LogP contribution in [0.5, 0.6) is 0 Å². The summed E-state index contributed by atoms with van der Waals surface area (Å²) in [5, 5.41) is 2.50. The first-order valence-electron chi connectivity index (χ1n) is 6.83. The third-order valence-corrected chi connectivity index (χ3v) is 3.89. The lowest BCUT2D eigenvalue weighted by Crippen LogP contribution is -2.21. The Bertz CT molecular complexity index is 382. The van der Waals surface area contributed by atoms with Crippen molar-refractivity contribution in [2.24, 2.45) is 0 Å². The van der Waals surface area contributed by atoms with E-state index < -0.39 is 11.2 Å². The van der Waals surface area contributed by atoms with Gasteiger partial charge in [-0.05, 0) is 32.7 Å². The summed E-state index contributed by atoms with van der Waals surface area (Å²) in [6.45, 7) is 6.01. The molecule has 1 aromatic heterocycles. The van der Waals surface area contributed by atoms with Crippen LogP contribution in [0.1, 0.15) is 49.0 Å². The van der Waals surface area contributed by atoms with Crippen LogP contribution in [0.2, 0.25) is 0 Å². The third-order valence-electron chi connectivity index (χ3n) is 2.74. The highest BCUT2D eigenvalue weighted by molar-refractivity contribution is 7.11. The number of halogens is 3. The van der Waals surface area contributed by atoms with E-state index in [9.17, 15) is 13.2 Å². The van der Waals surface area contributed by atoms with Gasteiger partial charge < -0.3 is 10.1 Å². The molecule has 0 aliphatic carbocycles. The zero-order valence-corrected chi connectivity index (χ0v) is 12.6. The fourth-order valence-corrected chi connectivity index (χ4v) is 2.67. The molecule has 0 aromatic carbocycles. The molecule has 0 saturated carbocycles. The second-order valence-corrected chi connectivity index (χ2v) is 5.47. The largest absolute Gasteiger partial charge is 0.443 e. The summed E-state index contributed by atoms with van der Waals surface area (Å²) in [6.07, 6.45) is -0.522. The summed E-state index contributed by atoms with van der Waals surface area (Å²) in [6, 6.07) is -0.0796. The number of hydrogen-bond donors (Lipinski definition) is 1. The van der Waals surface area contributed by atoms with E-state index in [4.69, 9.17) is 4.74 Å². The Balaban J connectivity index is 2.64. The second kappa shape index (κ2) is 8.59. The van der Waals surface area contributed by atoms with E-state index in [0.29, 0.717) is 18.1 Å². The number of hydrogen-bond acceptors (Lipinski definition) is 4. The van der Waals surface area contributed by atoms with Crippen LogP contribution in [0.25, 0.3) is 0 Å². The molecule has 0 fully saturated rings. The highest BCUT2D eigenvalue weighted by atomic mass is 32.1. The van der Waals surface area contributed by atoms with Crippen LogP contribution < -0.4 is 5.32 Å². The summed E-state index contributed by atoms with van der Waals surface area (Å²) < 4.78 is 43.0. The van der Waals surface area contributed by atoms with Gasteiger partial charge in [-0.1, -0.05) is 6.92 Å². The summed E-state index contributed by atoms with van der Waals surface area (Å²) in [7, 11) is 0. The average molecular weight is 310 g/mol. The van der Waals surface area contributed by atoms with Crippen molar-refractivity contribution >= 4 is 11.3 Å². The summed E-state index contributed by atoms with van der Waals surface area (Å²) in [4.78, 5) is 4.12. The van der Waals surface area contributed by atoms with Gasteiger partial charge in [0.25, 0.3) is 0 Å². The lowest BCUT2D eigenvalue weighted by Gasteiger charge is -2.16. The normalized spacial score (nSPS) is 13.7. The van der Waals surface area contributed by atoms with Gasteiger partial charge in [-0.2, -0.15) is 13.2 Å². The van der Waals surface area contributed by atoms with E-state index in [1.54, 1.807) is 0 Å². The Morgan fingerprint density at radius 1 is 1.40 bits per heavy atom. The van der Waals surface area contributed by atoms with Crippen molar-refractivity contribution in [3.8, 4) is 0 Å². The van der Waals surface area contributed by atoms with Crippen molar-refractivity contribution in [1.82, 2.24) is 10.3 Å². The molecule has 1 aromatic rings. The number of aromatic nitrogens is 1. The predicted octanol–water partition coefficient (Wildman–Crippen LogP) is 4.02. The third kappa shape index (κ3) is 5.76. The summed E-state index contributed by atoms with van der Waals surface area (Å²) in [5.74, 6) is 0. The first-order chi connectivity index (χ1) is 9.49. The first-order valence-corrected chi connectivity index (χ1v) is 7.64. The molecule has 3 nitrogen and oxygen atoms in total. The quantitative estimate of drug-likeness (QED) is 0.700. The molecule has 0 aliphatic rings. The molecule has 0 spiro atoms. The molecule has 0 saturated heterocycles. The van der Waals surface area contributed by atoms with Crippen molar-refractivity contribution in [2.75, 3.05) is 19.8 Å². The fourth-order valence-electron chi connectivity index (χ4n) is 1.78. The van der Waals surface area contributed by atoms with E-state index in [1.165, 1.54) is 6.20 Å². The van der Waals surface area contributed by atoms with Crippen molar-refractivity contribution < 1.29 is 17.9 Å². The molecule has 0 amide bonds. The highest BCUT2D eigenvalue weighted by Gasteiger charge is 2.35. The molecule has 0 bridgehead atoms. The summed E-state index contributed by atoms with van der Waals surface area (Å²) >= 11 is 0.723. The molecule has 1 unspecified atom stereocenters. The molecular weight excluding hydrogens is 289 g/mol. The van der Waals surface area contributed by atoms with E-state index in [2.05, 4.69) is 10.3 Å². The maximum atomic E-state index is 12.6. The van der Waals surface area contributed by atoms with Crippen molar-refractivity contribution in [3.05, 3.63) is 16.1 Å². The molecule has 0 aliphatic heterocycles. The lowest BCUT2D eigenvalue weighted by molar-refractivity contribution is -0.137. The van der Waals surface area contributed by atoms with Gasteiger partial charge in [0.2, 0.25) is 0 Å². The minimum absolute atomic E-state index is 0.0796. The Morgan fingerprint density at radius 2 is 2.15 bits per heavy atom. The molecular formula is C13H21F3N2OS. The Morgan fingerprint density at radius 3 is 2.70 bits per heavy atom. The number of nitrogens with one attached hydrogen (secondary N) is 1. The monoisotopic (exact) mass is 310 g/mol. The second-order valence-electron chi connectivity index (χ2n) is 4.41. The zero-order valence-electron chi connectivity index (χ0n) is 11.8. The Hall–Kier alpha value is -0.660. The molecule has 116 valence electrons. The fraction of sp³-hybridized carbons (Fsp3) is 0.769. The highest BCUT2D eigenvalue weighted by Crippen LogP contribution is 2.35.